The van der Waals surface area contributed by atoms with Crippen LogP contribution in [0.3, 0.4) is 0 Å². The van der Waals surface area contributed by atoms with Crippen LogP contribution in [0, 0.1) is 11.8 Å². The zero-order valence-corrected chi connectivity index (χ0v) is 12.5. The van der Waals surface area contributed by atoms with E-state index in [-0.39, 0.29) is 0 Å². The molecule has 0 amide bonds. The predicted octanol–water partition coefficient (Wildman–Crippen LogP) is 4.28. The summed E-state index contributed by atoms with van der Waals surface area (Å²) < 4.78 is 11.4. The molecule has 0 saturated carbocycles. The van der Waals surface area contributed by atoms with Crippen LogP contribution >= 0.6 is 0 Å². The predicted molar refractivity (Wildman–Crippen MR) is 74.4 cm³/mol. The van der Waals surface area contributed by atoms with Gasteiger partial charge in [-0.2, -0.15) is 0 Å². The van der Waals surface area contributed by atoms with E-state index in [0.29, 0.717) is 12.0 Å². The molecule has 2 nitrogen and oxygen atoms in total. The van der Waals surface area contributed by atoms with E-state index in [1.165, 1.54) is 12.8 Å². The smallest absolute Gasteiger partial charge is 0.0544 e. The highest BCUT2D eigenvalue weighted by Crippen LogP contribution is 2.08. The third kappa shape index (κ3) is 10.8. The first-order valence-corrected chi connectivity index (χ1v) is 7.29. The molecule has 0 aromatic heterocycles. The van der Waals surface area contributed by atoms with Gasteiger partial charge in [0.15, 0.2) is 0 Å². The van der Waals surface area contributed by atoms with Crippen molar-refractivity contribution in [2.45, 2.75) is 66.4 Å². The molecule has 0 aliphatic heterocycles. The van der Waals surface area contributed by atoms with Gasteiger partial charge in [-0.15, -0.1) is 0 Å². The fourth-order valence-corrected chi connectivity index (χ4v) is 1.44. The van der Waals surface area contributed by atoms with Crippen LogP contribution in [0.5, 0.6) is 0 Å². The minimum Gasteiger partial charge on any atom is -0.381 e. The zero-order valence-electron chi connectivity index (χ0n) is 12.5. The second-order valence-corrected chi connectivity index (χ2v) is 5.36. The Kier molecular flexibility index (Phi) is 11.0. The molecule has 0 aromatic rings. The monoisotopic (exact) mass is 244 g/mol. The van der Waals surface area contributed by atoms with Crippen LogP contribution in [0.25, 0.3) is 0 Å². The van der Waals surface area contributed by atoms with E-state index in [9.17, 15) is 0 Å². The van der Waals surface area contributed by atoms with Crippen LogP contribution in [0.4, 0.5) is 0 Å². The minimum absolute atomic E-state index is 0.397. The lowest BCUT2D eigenvalue weighted by Gasteiger charge is -2.15. The molecule has 0 spiro atoms. The van der Waals surface area contributed by atoms with Crippen molar-refractivity contribution in [2.24, 2.45) is 11.8 Å². The fraction of sp³-hybridized carbons (Fsp3) is 1.00. The van der Waals surface area contributed by atoms with Gasteiger partial charge in [0.1, 0.15) is 0 Å². The molecule has 0 aliphatic rings. The zero-order chi connectivity index (χ0) is 13.1. The van der Waals surface area contributed by atoms with Crippen LogP contribution in [-0.4, -0.2) is 25.9 Å². The lowest BCUT2D eigenvalue weighted by molar-refractivity contribution is 0.0384. The van der Waals surface area contributed by atoms with Gasteiger partial charge in [0.25, 0.3) is 0 Å². The molecule has 0 heterocycles. The number of hydrogen-bond acceptors (Lipinski definition) is 2. The van der Waals surface area contributed by atoms with Crippen LogP contribution in [0.15, 0.2) is 0 Å². The topological polar surface area (TPSA) is 18.5 Å². The van der Waals surface area contributed by atoms with E-state index < -0.39 is 0 Å². The summed E-state index contributed by atoms with van der Waals surface area (Å²) >= 11 is 0. The number of rotatable bonds is 11. The molecule has 3 unspecified atom stereocenters. The Morgan fingerprint density at radius 3 is 2.06 bits per heavy atom. The molecular weight excluding hydrogens is 212 g/mol. The molecule has 104 valence electrons. The molecule has 2 heteroatoms. The third-order valence-electron chi connectivity index (χ3n) is 3.44. The van der Waals surface area contributed by atoms with Crippen LogP contribution in [0.2, 0.25) is 0 Å². The van der Waals surface area contributed by atoms with Crippen LogP contribution < -0.4 is 0 Å². The summed E-state index contributed by atoms with van der Waals surface area (Å²) in [6.45, 7) is 13.7. The van der Waals surface area contributed by atoms with Crippen molar-refractivity contribution in [3.63, 3.8) is 0 Å². The highest BCUT2D eigenvalue weighted by atomic mass is 16.5. The average Bonchev–Trinajstić information content (AvgIpc) is 2.33. The maximum absolute atomic E-state index is 5.70. The van der Waals surface area contributed by atoms with Gasteiger partial charge in [0.05, 0.1) is 6.10 Å². The van der Waals surface area contributed by atoms with Gasteiger partial charge in [0.2, 0.25) is 0 Å². The minimum atomic E-state index is 0.397. The lowest BCUT2D eigenvalue weighted by atomic mass is 10.1. The molecule has 0 saturated heterocycles. The van der Waals surface area contributed by atoms with E-state index in [1.54, 1.807) is 0 Å². The summed E-state index contributed by atoms with van der Waals surface area (Å²) in [7, 11) is 0. The first-order valence-electron chi connectivity index (χ1n) is 7.29. The van der Waals surface area contributed by atoms with Crippen molar-refractivity contribution >= 4 is 0 Å². The molecule has 0 N–H and O–H groups in total. The quantitative estimate of drug-likeness (QED) is 0.505. The number of ether oxygens (including phenoxy) is 2. The van der Waals surface area contributed by atoms with Gasteiger partial charge in [-0.05, 0) is 38.0 Å². The van der Waals surface area contributed by atoms with Crippen LogP contribution in [0.1, 0.15) is 60.3 Å². The van der Waals surface area contributed by atoms with E-state index in [1.807, 2.05) is 0 Å². The summed E-state index contributed by atoms with van der Waals surface area (Å²) in [5.74, 6) is 1.40. The Hall–Kier alpha value is -0.0800. The fourth-order valence-electron chi connectivity index (χ4n) is 1.44. The molecule has 0 aromatic carbocycles. The maximum Gasteiger partial charge on any atom is 0.0544 e. The maximum atomic E-state index is 5.70. The normalized spacial score (nSPS) is 16.8. The summed E-state index contributed by atoms with van der Waals surface area (Å²) in [6, 6.07) is 0. The molecule has 17 heavy (non-hydrogen) atoms. The molecule has 0 aliphatic carbocycles. The SMILES string of the molecule is CCC(C)CCOCC(C)CCOC(C)CC. The van der Waals surface area contributed by atoms with Gasteiger partial charge in [-0.1, -0.05) is 34.1 Å². The van der Waals surface area contributed by atoms with Crippen molar-refractivity contribution in [1.29, 1.82) is 0 Å². The molecule has 0 fully saturated rings. The Balaban J connectivity index is 3.31. The lowest BCUT2D eigenvalue weighted by Crippen LogP contribution is -2.14. The Labute approximate surface area is 108 Å². The van der Waals surface area contributed by atoms with Crippen molar-refractivity contribution in [2.75, 3.05) is 19.8 Å². The molecule has 0 rings (SSSR count). The summed E-state index contributed by atoms with van der Waals surface area (Å²) in [5.41, 5.74) is 0. The highest BCUT2D eigenvalue weighted by Gasteiger charge is 2.05. The van der Waals surface area contributed by atoms with E-state index in [4.69, 9.17) is 9.47 Å². The van der Waals surface area contributed by atoms with Gasteiger partial charge < -0.3 is 9.47 Å². The van der Waals surface area contributed by atoms with Crippen molar-refractivity contribution in [3.05, 3.63) is 0 Å². The molecule has 3 atom stereocenters. The first-order chi connectivity index (χ1) is 8.10. The second-order valence-electron chi connectivity index (χ2n) is 5.36. The van der Waals surface area contributed by atoms with Crippen LogP contribution in [-0.2, 0) is 9.47 Å². The van der Waals surface area contributed by atoms with Crippen molar-refractivity contribution < 1.29 is 9.47 Å². The summed E-state index contributed by atoms with van der Waals surface area (Å²) in [6.07, 6.45) is 5.04. The molecule has 0 radical (unpaired) electrons. The van der Waals surface area contributed by atoms with E-state index in [2.05, 4.69) is 34.6 Å². The van der Waals surface area contributed by atoms with Gasteiger partial charge >= 0.3 is 0 Å². The average molecular weight is 244 g/mol. The molecule has 0 bridgehead atoms. The van der Waals surface area contributed by atoms with Crippen molar-refractivity contribution in [3.8, 4) is 0 Å². The summed E-state index contributed by atoms with van der Waals surface area (Å²) in [4.78, 5) is 0. The third-order valence-corrected chi connectivity index (χ3v) is 3.44. The largest absolute Gasteiger partial charge is 0.381 e. The van der Waals surface area contributed by atoms with E-state index >= 15 is 0 Å². The Morgan fingerprint density at radius 1 is 0.824 bits per heavy atom. The van der Waals surface area contributed by atoms with Crippen molar-refractivity contribution in [1.82, 2.24) is 0 Å². The Morgan fingerprint density at radius 2 is 1.47 bits per heavy atom. The van der Waals surface area contributed by atoms with Gasteiger partial charge in [0, 0.05) is 19.8 Å². The highest BCUT2D eigenvalue weighted by molar-refractivity contribution is 4.54. The first kappa shape index (κ1) is 16.9. The Bertz CT molecular complexity index is 159. The second kappa shape index (κ2) is 11.0. The van der Waals surface area contributed by atoms with Gasteiger partial charge in [-0.25, -0.2) is 0 Å². The van der Waals surface area contributed by atoms with E-state index in [0.717, 1.165) is 38.6 Å². The number of hydrogen-bond donors (Lipinski definition) is 0. The standard InChI is InChI=1S/C15H32O2/c1-6-13(3)8-10-16-12-14(4)9-11-17-15(5)7-2/h13-15H,6-12H2,1-5H3. The van der Waals surface area contributed by atoms with Gasteiger partial charge in [-0.3, -0.25) is 0 Å². The molecular formula is C15H32O2. The summed E-state index contributed by atoms with van der Waals surface area (Å²) in [5, 5.41) is 0.